The van der Waals surface area contributed by atoms with Crippen molar-refractivity contribution in [3.8, 4) is 0 Å². The van der Waals surface area contributed by atoms with E-state index in [0.29, 0.717) is 17.4 Å². The number of ether oxygens (including phenoxy) is 1. The van der Waals surface area contributed by atoms with E-state index in [1.807, 2.05) is 0 Å². The third-order valence-electron chi connectivity index (χ3n) is 5.10. The normalized spacial score (nSPS) is 45.2. The van der Waals surface area contributed by atoms with Gasteiger partial charge in [0, 0.05) is 17.4 Å². The summed E-state index contributed by atoms with van der Waals surface area (Å²) in [6, 6.07) is 0. The molecule has 0 spiro atoms. The Bertz CT molecular complexity index is 396. The van der Waals surface area contributed by atoms with Crippen molar-refractivity contribution in [1.29, 1.82) is 0 Å². The van der Waals surface area contributed by atoms with Gasteiger partial charge in [-0.1, -0.05) is 25.7 Å². The fourth-order valence-corrected chi connectivity index (χ4v) is 4.07. The first-order chi connectivity index (χ1) is 8.09. The predicted molar refractivity (Wildman–Crippen MR) is 66.3 cm³/mol. The molecule has 1 heterocycles. The molecule has 2 heteroatoms. The summed E-state index contributed by atoms with van der Waals surface area (Å²) in [7, 11) is 0. The number of esters is 1. The van der Waals surface area contributed by atoms with Crippen molar-refractivity contribution in [3.05, 3.63) is 24.3 Å². The molecule has 2 saturated carbocycles. The van der Waals surface area contributed by atoms with Gasteiger partial charge in [-0.3, -0.25) is 0 Å². The van der Waals surface area contributed by atoms with E-state index in [4.69, 9.17) is 4.74 Å². The van der Waals surface area contributed by atoms with Crippen LogP contribution >= 0.6 is 0 Å². The van der Waals surface area contributed by atoms with Crippen LogP contribution in [0.5, 0.6) is 0 Å². The van der Waals surface area contributed by atoms with Gasteiger partial charge in [0.15, 0.2) is 0 Å². The summed E-state index contributed by atoms with van der Waals surface area (Å²) in [6.07, 6.45) is 4.60. The van der Waals surface area contributed by atoms with Gasteiger partial charge in [-0.25, -0.2) is 4.79 Å². The molecule has 1 saturated heterocycles. The van der Waals surface area contributed by atoms with E-state index in [1.54, 1.807) is 0 Å². The van der Waals surface area contributed by atoms with Crippen LogP contribution in [0.25, 0.3) is 0 Å². The Labute approximate surface area is 103 Å². The van der Waals surface area contributed by atoms with Crippen LogP contribution in [0.15, 0.2) is 24.3 Å². The second kappa shape index (κ2) is 3.72. The van der Waals surface area contributed by atoms with Gasteiger partial charge in [0.25, 0.3) is 0 Å². The van der Waals surface area contributed by atoms with Crippen molar-refractivity contribution in [2.75, 3.05) is 0 Å². The number of fused-ring (bicyclic) bond motifs is 3. The van der Waals surface area contributed by atoms with Crippen molar-refractivity contribution in [3.63, 3.8) is 0 Å². The molecule has 1 aliphatic heterocycles. The number of hydrogen-bond acceptors (Lipinski definition) is 2. The fourth-order valence-electron chi connectivity index (χ4n) is 4.07. The van der Waals surface area contributed by atoms with E-state index < -0.39 is 0 Å². The molecule has 1 unspecified atom stereocenters. The molecule has 0 aromatic carbocycles. The fraction of sp³-hybridized carbons (Fsp3) is 0.667. The van der Waals surface area contributed by atoms with Gasteiger partial charge in [-0.2, -0.15) is 0 Å². The van der Waals surface area contributed by atoms with Crippen molar-refractivity contribution < 1.29 is 9.53 Å². The highest BCUT2D eigenvalue weighted by Gasteiger charge is 2.51. The lowest BCUT2D eigenvalue weighted by atomic mass is 9.80. The van der Waals surface area contributed by atoms with E-state index in [1.165, 1.54) is 18.4 Å². The monoisotopic (exact) mass is 232 g/mol. The van der Waals surface area contributed by atoms with Crippen LogP contribution in [-0.2, 0) is 9.53 Å². The molecule has 92 valence electrons. The average Bonchev–Trinajstić information content (AvgIpc) is 2.75. The minimum absolute atomic E-state index is 0.0416. The number of rotatable bonds is 0. The van der Waals surface area contributed by atoms with Gasteiger partial charge in [-0.15, -0.1) is 0 Å². The summed E-state index contributed by atoms with van der Waals surface area (Å²) in [5.41, 5.74) is 1.99. The molecule has 0 N–H and O–H groups in total. The summed E-state index contributed by atoms with van der Waals surface area (Å²) in [4.78, 5) is 11.7. The van der Waals surface area contributed by atoms with Gasteiger partial charge in [0.05, 0.1) is 0 Å². The van der Waals surface area contributed by atoms with E-state index >= 15 is 0 Å². The van der Waals surface area contributed by atoms with Gasteiger partial charge in [0.1, 0.15) is 6.10 Å². The summed E-state index contributed by atoms with van der Waals surface area (Å²) >= 11 is 0. The van der Waals surface area contributed by atoms with Crippen molar-refractivity contribution in [2.24, 2.45) is 23.7 Å². The van der Waals surface area contributed by atoms with Crippen LogP contribution in [0.2, 0.25) is 0 Å². The van der Waals surface area contributed by atoms with Gasteiger partial charge >= 0.3 is 5.97 Å². The zero-order valence-corrected chi connectivity index (χ0v) is 10.4. The second-order valence-corrected chi connectivity index (χ2v) is 5.94. The number of carbonyl (C=O) groups is 1. The molecule has 3 rings (SSSR count). The minimum Gasteiger partial charge on any atom is -0.458 e. The Morgan fingerprint density at radius 2 is 2.00 bits per heavy atom. The highest BCUT2D eigenvalue weighted by Crippen LogP contribution is 2.52. The van der Waals surface area contributed by atoms with Crippen LogP contribution < -0.4 is 0 Å². The summed E-state index contributed by atoms with van der Waals surface area (Å²) in [6.45, 7) is 10.5. The first kappa shape index (κ1) is 11.1. The molecule has 0 amide bonds. The summed E-state index contributed by atoms with van der Waals surface area (Å²) in [5.74, 6) is 1.84. The maximum atomic E-state index is 11.7. The summed E-state index contributed by atoms with van der Waals surface area (Å²) < 4.78 is 5.59. The molecule has 2 aliphatic carbocycles. The first-order valence-electron chi connectivity index (χ1n) is 6.67. The Morgan fingerprint density at radius 1 is 1.24 bits per heavy atom. The highest BCUT2D eigenvalue weighted by atomic mass is 16.6. The van der Waals surface area contributed by atoms with E-state index in [0.717, 1.165) is 18.8 Å². The highest BCUT2D eigenvalue weighted by molar-refractivity contribution is 5.90. The molecule has 2 nitrogen and oxygen atoms in total. The molecule has 0 aromatic rings. The molecule has 0 aromatic heterocycles. The zero-order chi connectivity index (χ0) is 12.2. The molecule has 5 atom stereocenters. The largest absolute Gasteiger partial charge is 0.458 e. The quantitative estimate of drug-likeness (QED) is 0.364. The van der Waals surface area contributed by atoms with E-state index in [2.05, 4.69) is 20.1 Å². The van der Waals surface area contributed by atoms with Crippen LogP contribution in [0.3, 0.4) is 0 Å². The Kier molecular flexibility index (Phi) is 2.42. The molecule has 3 fully saturated rings. The van der Waals surface area contributed by atoms with Crippen molar-refractivity contribution in [2.45, 2.75) is 38.7 Å². The lowest BCUT2D eigenvalue weighted by molar-refractivity contribution is -0.141. The maximum absolute atomic E-state index is 11.7. The summed E-state index contributed by atoms with van der Waals surface area (Å²) in [5, 5.41) is 0. The van der Waals surface area contributed by atoms with Crippen LogP contribution in [0.4, 0.5) is 0 Å². The Morgan fingerprint density at radius 3 is 2.76 bits per heavy atom. The third kappa shape index (κ3) is 1.50. The minimum atomic E-state index is -0.173. The number of carbonyl (C=O) groups excluding carboxylic acids is 1. The van der Waals surface area contributed by atoms with Crippen molar-refractivity contribution >= 4 is 5.97 Å². The second-order valence-electron chi connectivity index (χ2n) is 5.94. The van der Waals surface area contributed by atoms with Gasteiger partial charge in [-0.05, 0) is 37.5 Å². The standard InChI is InChI=1S/C15H20O2/c1-8-4-7-12-10(3)15(16)17-14(12)13-9(2)5-6-11(8)13/h8,11-14H,2-7H2,1H3/t8?,11-,12-,13-,14-/m0/s1. The topological polar surface area (TPSA) is 26.3 Å². The maximum Gasteiger partial charge on any atom is 0.334 e. The molecule has 17 heavy (non-hydrogen) atoms. The van der Waals surface area contributed by atoms with E-state index in [9.17, 15) is 4.79 Å². The Balaban J connectivity index is 1.97. The van der Waals surface area contributed by atoms with Crippen LogP contribution in [-0.4, -0.2) is 12.1 Å². The van der Waals surface area contributed by atoms with Crippen LogP contribution in [0.1, 0.15) is 32.6 Å². The van der Waals surface area contributed by atoms with E-state index in [-0.39, 0.29) is 18.0 Å². The molecule has 0 bridgehead atoms. The third-order valence-corrected chi connectivity index (χ3v) is 5.10. The lowest BCUT2D eigenvalue weighted by Gasteiger charge is -2.27. The first-order valence-corrected chi connectivity index (χ1v) is 6.67. The predicted octanol–water partition coefficient (Wildman–Crippen LogP) is 3.10. The van der Waals surface area contributed by atoms with Crippen LogP contribution in [0, 0.1) is 23.7 Å². The lowest BCUT2D eigenvalue weighted by Crippen LogP contribution is -2.29. The molecule has 3 aliphatic rings. The SMILES string of the molecule is C=C1CC[C@H]2C(C)CC[C@H]3C(=C)C(=O)O[C@@H]3[C@@H]12. The van der Waals surface area contributed by atoms with Gasteiger partial charge in [0.2, 0.25) is 0 Å². The number of hydrogen-bond donors (Lipinski definition) is 0. The molecular weight excluding hydrogens is 212 g/mol. The average molecular weight is 232 g/mol. The smallest absolute Gasteiger partial charge is 0.334 e. The zero-order valence-electron chi connectivity index (χ0n) is 10.4. The Hall–Kier alpha value is -1.05. The van der Waals surface area contributed by atoms with Crippen molar-refractivity contribution in [1.82, 2.24) is 0 Å². The molecular formula is C15H20O2. The van der Waals surface area contributed by atoms with Gasteiger partial charge < -0.3 is 4.74 Å². The molecule has 0 radical (unpaired) electrons.